The smallest absolute Gasteiger partial charge is 0.0740 e. The zero-order valence-electron chi connectivity index (χ0n) is 40.8. The van der Waals surface area contributed by atoms with Gasteiger partial charge in [-0.1, -0.05) is 70.8 Å². The number of rotatable bonds is 4. The van der Waals surface area contributed by atoms with Gasteiger partial charge in [0.1, 0.15) is 0 Å². The molecule has 1 aromatic heterocycles. The van der Waals surface area contributed by atoms with Gasteiger partial charge in [-0.25, -0.2) is 15.3 Å². The van der Waals surface area contributed by atoms with Crippen molar-refractivity contribution in [2.45, 2.75) is 111 Å². The van der Waals surface area contributed by atoms with Gasteiger partial charge in [-0.2, -0.15) is 0 Å². The molecule has 5 aromatic rings. The Morgan fingerprint density at radius 3 is 1.23 bits per heavy atom. The number of nitrogens with one attached hydrogen (secondary N) is 1. The van der Waals surface area contributed by atoms with Crippen LogP contribution in [0.15, 0.2) is 110 Å². The van der Waals surface area contributed by atoms with Crippen molar-refractivity contribution >= 4 is 40.3 Å². The number of H-pyrrole nitrogens is 1. The third-order valence-corrected chi connectivity index (χ3v) is 13.9. The zero-order chi connectivity index (χ0) is 45.8. The number of allylic oxidation sites excluding steroid dienone is 8. The Labute approximate surface area is 380 Å². The minimum atomic E-state index is 0.923. The summed E-state index contributed by atoms with van der Waals surface area (Å²) in [5, 5.41) is 7.67. The van der Waals surface area contributed by atoms with E-state index in [0.717, 1.165) is 72.8 Å². The Morgan fingerprint density at radius 1 is 0.328 bits per heavy atom. The second-order valence-electron chi connectivity index (χ2n) is 19.3. The molecule has 4 aliphatic heterocycles. The molecule has 0 aliphatic carbocycles. The molecule has 4 aliphatic rings. The number of aromatic nitrogens is 1. The Hall–Kier alpha value is -6.52. The molecule has 5 heterocycles. The summed E-state index contributed by atoms with van der Waals surface area (Å²) in [5.74, 6) is 0. The van der Waals surface area contributed by atoms with Gasteiger partial charge < -0.3 is 4.98 Å². The lowest BCUT2D eigenvalue weighted by atomic mass is 9.87. The number of aliphatic imine (C=N–C) groups is 2. The molecule has 1 N–H and O–H groups in total. The molecule has 1 radical (unpaired) electrons. The van der Waals surface area contributed by atoms with Crippen LogP contribution in [0.25, 0.3) is 40.0 Å². The number of aromatic amines is 1. The highest BCUT2D eigenvalue weighted by Gasteiger charge is 2.31. The van der Waals surface area contributed by atoms with E-state index >= 15 is 0 Å². The molecular formula is C60H61N4. The van der Waals surface area contributed by atoms with Crippen LogP contribution >= 0.6 is 0 Å². The van der Waals surface area contributed by atoms with Gasteiger partial charge >= 0.3 is 0 Å². The van der Waals surface area contributed by atoms with Gasteiger partial charge in [-0.15, -0.1) is 0 Å². The molecule has 0 amide bonds. The monoisotopic (exact) mass is 837 g/mol. The van der Waals surface area contributed by atoms with Crippen molar-refractivity contribution in [2.75, 3.05) is 0 Å². The average Bonchev–Trinajstić information content (AvgIpc) is 3.85. The minimum Gasteiger partial charge on any atom is -0.355 e. The highest BCUT2D eigenvalue weighted by molar-refractivity contribution is 6.41. The number of fused-ring (bicyclic) bond motifs is 6. The highest BCUT2D eigenvalue weighted by atomic mass is 14.9. The highest BCUT2D eigenvalue weighted by Crippen LogP contribution is 2.45. The van der Waals surface area contributed by atoms with Crippen molar-refractivity contribution in [3.63, 3.8) is 0 Å². The number of aryl methyl sites for hydroxylation is 12. The topological polar surface area (TPSA) is 54.6 Å². The first-order valence-electron chi connectivity index (χ1n) is 22.8. The van der Waals surface area contributed by atoms with Crippen LogP contribution in [0.1, 0.15) is 110 Å². The first kappa shape index (κ1) is 42.8. The van der Waals surface area contributed by atoms with E-state index < -0.39 is 0 Å². The van der Waals surface area contributed by atoms with Gasteiger partial charge in [0.25, 0.3) is 0 Å². The minimum absolute atomic E-state index is 0.923. The normalized spacial score (nSPS) is 16.0. The Kier molecular flexibility index (Phi) is 10.4. The largest absolute Gasteiger partial charge is 0.355 e. The van der Waals surface area contributed by atoms with Crippen LogP contribution in [0.5, 0.6) is 0 Å². The summed E-state index contributed by atoms with van der Waals surface area (Å²) >= 11 is 0. The van der Waals surface area contributed by atoms with Crippen LogP contribution in [0.4, 0.5) is 0 Å². The summed E-state index contributed by atoms with van der Waals surface area (Å²) < 4.78 is 0. The van der Waals surface area contributed by atoms with Crippen LogP contribution in [0.3, 0.4) is 0 Å². The fraction of sp³-hybridized carbons (Fsp3) is 0.267. The zero-order valence-corrected chi connectivity index (χ0v) is 40.8. The molecule has 64 heavy (non-hydrogen) atoms. The van der Waals surface area contributed by atoms with E-state index in [0.29, 0.717) is 0 Å². The first-order chi connectivity index (χ1) is 30.3. The summed E-state index contributed by atoms with van der Waals surface area (Å²) in [7, 11) is 0. The van der Waals surface area contributed by atoms with Crippen LogP contribution < -0.4 is 16.0 Å². The molecule has 4 nitrogen and oxygen atoms in total. The van der Waals surface area contributed by atoms with E-state index in [2.05, 4.69) is 189 Å². The molecular weight excluding hydrogens is 777 g/mol. The number of benzene rings is 4. The average molecular weight is 838 g/mol. The number of hydrogen-bond donors (Lipinski definition) is 1. The number of nitrogens with zero attached hydrogens (tertiary/aromatic N) is 3. The van der Waals surface area contributed by atoms with Crippen molar-refractivity contribution in [1.29, 1.82) is 0 Å². The maximum atomic E-state index is 5.60. The molecule has 9 rings (SSSR count). The molecule has 4 heteroatoms. The first-order valence-corrected chi connectivity index (χ1v) is 22.8. The lowest BCUT2D eigenvalue weighted by Crippen LogP contribution is -2.15. The third-order valence-electron chi connectivity index (χ3n) is 13.9. The fourth-order valence-electron chi connectivity index (χ4n) is 11.5. The third kappa shape index (κ3) is 6.99. The van der Waals surface area contributed by atoms with Crippen molar-refractivity contribution in [3.8, 4) is 11.1 Å². The van der Waals surface area contributed by atoms with Gasteiger partial charge in [0.2, 0.25) is 0 Å². The van der Waals surface area contributed by atoms with Gasteiger partial charge in [0, 0.05) is 33.0 Å². The van der Waals surface area contributed by atoms with E-state index in [4.69, 9.17) is 15.3 Å². The molecule has 321 valence electrons. The second kappa shape index (κ2) is 15.6. The SMILES string of the molecule is CC1=C2C=C3N=C(C=c4[nH]c(c(C)c4-c4c(C)cc(C)cc4C)=CC4=NC(=CC(=C1c1c(C)cc(C)cc1C)[N]2)C(C)=C4c1c(C)cc(C)cc1C)C(C)=C3c1c(C)cc(C)cc1C. The van der Waals surface area contributed by atoms with Crippen molar-refractivity contribution in [3.05, 3.63) is 200 Å². The van der Waals surface area contributed by atoms with E-state index in [1.807, 2.05) is 0 Å². The summed E-state index contributed by atoms with van der Waals surface area (Å²) in [6.45, 7) is 35.6. The van der Waals surface area contributed by atoms with Crippen molar-refractivity contribution in [1.82, 2.24) is 10.3 Å². The predicted molar refractivity (Wildman–Crippen MR) is 273 cm³/mol. The van der Waals surface area contributed by atoms with E-state index in [-0.39, 0.29) is 0 Å². The standard InChI is InChI=1S/C60H61N4/c1-29-17-33(5)53(34(6)18-29)57-41(13)45-26-50-59(55-37(9)21-31(3)22-38(55)10)43(15)47(63-50)28-52-60(56-39(11)23-32(4)24-40(56)12)44(16)48(64-52)27-51-58(42(14)46(62-51)25-49(57)61-45)54-35(7)19-30(2)20-36(54)8/h17-28,61H,1-16H3. The second-order valence-corrected chi connectivity index (χ2v) is 19.3. The van der Waals surface area contributed by atoms with E-state index in [9.17, 15) is 0 Å². The summed E-state index contributed by atoms with van der Waals surface area (Å²) in [6.07, 6.45) is 9.07. The van der Waals surface area contributed by atoms with Gasteiger partial charge in [-0.3, -0.25) is 0 Å². The lowest BCUT2D eigenvalue weighted by molar-refractivity contribution is 1.04. The quantitative estimate of drug-likeness (QED) is 0.187. The molecule has 0 spiro atoms. The van der Waals surface area contributed by atoms with Crippen LogP contribution in [0.2, 0.25) is 0 Å². The van der Waals surface area contributed by atoms with Crippen LogP contribution in [-0.4, -0.2) is 16.4 Å². The molecule has 4 aromatic carbocycles. The molecule has 0 saturated heterocycles. The van der Waals surface area contributed by atoms with Crippen LogP contribution in [0, 0.1) is 90.0 Å². The number of hydrogen-bond acceptors (Lipinski definition) is 2. The van der Waals surface area contributed by atoms with Gasteiger partial charge in [0.05, 0.1) is 34.2 Å². The van der Waals surface area contributed by atoms with Crippen molar-refractivity contribution < 1.29 is 0 Å². The molecule has 0 unspecified atom stereocenters. The molecule has 0 fully saturated rings. The Bertz CT molecular complexity index is 3280. The molecule has 0 saturated carbocycles. The summed E-state index contributed by atoms with van der Waals surface area (Å²) in [4.78, 5) is 15.2. The fourth-order valence-corrected chi connectivity index (χ4v) is 11.5. The van der Waals surface area contributed by atoms with Gasteiger partial charge in [-0.05, 0) is 224 Å². The van der Waals surface area contributed by atoms with Gasteiger partial charge in [0.15, 0.2) is 0 Å². The molecule has 8 bridgehead atoms. The predicted octanol–water partition coefficient (Wildman–Crippen LogP) is 13.2. The molecule has 0 atom stereocenters. The van der Waals surface area contributed by atoms with E-state index in [1.165, 1.54) is 106 Å². The van der Waals surface area contributed by atoms with E-state index in [1.54, 1.807) is 0 Å². The summed E-state index contributed by atoms with van der Waals surface area (Å²) in [5.41, 5.74) is 34.9. The maximum absolute atomic E-state index is 5.60. The summed E-state index contributed by atoms with van der Waals surface area (Å²) in [6, 6.07) is 18.4. The maximum Gasteiger partial charge on any atom is 0.0740 e. The Morgan fingerprint density at radius 2 is 0.734 bits per heavy atom. The lowest BCUT2D eigenvalue weighted by Gasteiger charge is -2.15. The van der Waals surface area contributed by atoms with Crippen molar-refractivity contribution in [2.24, 2.45) is 9.98 Å². The Balaban J connectivity index is 1.44. The van der Waals surface area contributed by atoms with Crippen LogP contribution in [-0.2, 0) is 0 Å².